The van der Waals surface area contributed by atoms with E-state index in [1.54, 1.807) is 4.57 Å². The molecule has 26 heavy (non-hydrogen) atoms. The van der Waals surface area contributed by atoms with Crippen LogP contribution in [-0.4, -0.2) is 77.9 Å². The average Bonchev–Trinajstić information content (AvgIpc) is 2.88. The van der Waals surface area contributed by atoms with Gasteiger partial charge in [-0.05, 0) is 26.0 Å². The number of nitrogens with zero attached hydrogens (tertiary/aromatic N) is 4. The van der Waals surface area contributed by atoms with Crippen LogP contribution in [0.2, 0.25) is 0 Å². The summed E-state index contributed by atoms with van der Waals surface area (Å²) in [5, 5.41) is 2.92. The maximum Gasteiger partial charge on any atom is 0.337 e. The number of para-hydroxylation sites is 2. The Hall–Kier alpha value is -2.12. The van der Waals surface area contributed by atoms with Crippen molar-refractivity contribution < 1.29 is 9.28 Å². The molecule has 3 rings (SSSR count). The van der Waals surface area contributed by atoms with Crippen LogP contribution in [0, 0.1) is 0 Å². The Kier molecular flexibility index (Phi) is 5.20. The van der Waals surface area contributed by atoms with Gasteiger partial charge in [0.1, 0.15) is 0 Å². The lowest BCUT2D eigenvalue weighted by atomic mass is 10.3. The second kappa shape index (κ2) is 7.25. The number of piperazine rings is 1. The Morgan fingerprint density at radius 2 is 1.77 bits per heavy atom. The number of carbonyl (C=O) groups excluding carboxylic acids is 1. The van der Waals surface area contributed by atoms with E-state index in [1.165, 1.54) is 4.57 Å². The van der Waals surface area contributed by atoms with Crippen molar-refractivity contribution in [2.75, 3.05) is 53.4 Å². The highest BCUT2D eigenvalue weighted by molar-refractivity contribution is 5.89. The molecular formula is C19H30N5O2+. The minimum atomic E-state index is -0.348. The van der Waals surface area contributed by atoms with Gasteiger partial charge >= 0.3 is 11.7 Å². The van der Waals surface area contributed by atoms with Gasteiger partial charge in [0.2, 0.25) is 0 Å². The van der Waals surface area contributed by atoms with Crippen LogP contribution in [0.5, 0.6) is 0 Å². The van der Waals surface area contributed by atoms with Crippen LogP contribution >= 0.6 is 0 Å². The molecule has 0 unspecified atom stereocenters. The fourth-order valence-electron chi connectivity index (χ4n) is 3.54. The number of imidazole rings is 1. The van der Waals surface area contributed by atoms with Gasteiger partial charge in [-0.1, -0.05) is 12.1 Å². The highest BCUT2D eigenvalue weighted by Gasteiger charge is 2.24. The Morgan fingerprint density at radius 3 is 2.38 bits per heavy atom. The summed E-state index contributed by atoms with van der Waals surface area (Å²) in [4.78, 5) is 27.8. The van der Waals surface area contributed by atoms with Crippen LogP contribution in [0.15, 0.2) is 29.1 Å². The van der Waals surface area contributed by atoms with Gasteiger partial charge in [-0.15, -0.1) is 0 Å². The van der Waals surface area contributed by atoms with E-state index in [0.717, 1.165) is 42.7 Å². The second-order valence-corrected chi connectivity index (χ2v) is 8.03. The lowest BCUT2D eigenvalue weighted by Gasteiger charge is -2.39. The van der Waals surface area contributed by atoms with E-state index in [0.29, 0.717) is 12.1 Å². The van der Waals surface area contributed by atoms with Crippen molar-refractivity contribution in [3.63, 3.8) is 0 Å². The topological polar surface area (TPSA) is 59.3 Å². The van der Waals surface area contributed by atoms with Crippen molar-refractivity contribution in [1.29, 1.82) is 0 Å². The molecule has 0 aliphatic carbocycles. The Bertz CT molecular complexity index is 839. The molecule has 7 heteroatoms. The van der Waals surface area contributed by atoms with Crippen molar-refractivity contribution in [3.8, 4) is 0 Å². The molecule has 0 atom stereocenters. The number of likely N-dealkylation sites (N-methyl/N-ethyl adjacent to an activating group) is 1. The first-order chi connectivity index (χ1) is 12.3. The number of fused-ring (bicyclic) bond motifs is 1. The molecule has 1 N–H and O–H groups in total. The molecule has 0 bridgehead atoms. The molecule has 1 saturated heterocycles. The minimum Gasteiger partial charge on any atom is -0.336 e. The van der Waals surface area contributed by atoms with E-state index in [1.807, 2.05) is 38.1 Å². The molecule has 1 fully saturated rings. The average molecular weight is 360 g/mol. The third kappa shape index (κ3) is 3.68. The molecule has 7 nitrogen and oxygen atoms in total. The molecule has 0 saturated carbocycles. The predicted octanol–water partition coefficient (Wildman–Crippen LogP) is 1.33. The Balaban J connectivity index is 1.69. The molecule has 1 amide bonds. The number of aromatic nitrogens is 2. The van der Waals surface area contributed by atoms with Crippen molar-refractivity contribution in [2.24, 2.45) is 0 Å². The maximum atomic E-state index is 12.8. The first kappa shape index (κ1) is 18.7. The van der Waals surface area contributed by atoms with E-state index >= 15 is 0 Å². The van der Waals surface area contributed by atoms with Crippen LogP contribution < -0.4 is 11.0 Å². The summed E-state index contributed by atoms with van der Waals surface area (Å²) in [5.74, 6) is 0. The standard InChI is InChI=1S/C19H29N5O2/c1-15(2)22-16-7-5-6-8-17(16)23(19(22)26)18(25)20-9-10-21-11-13-24(3,4)14-12-21/h5-8,15H,9-14H2,1-4H3/p+1. The third-order valence-electron chi connectivity index (χ3n) is 5.25. The monoisotopic (exact) mass is 360 g/mol. The normalized spacial score (nSPS) is 17.7. The number of hydrogen-bond acceptors (Lipinski definition) is 3. The van der Waals surface area contributed by atoms with Gasteiger partial charge in [0.05, 0.1) is 38.2 Å². The van der Waals surface area contributed by atoms with Gasteiger partial charge < -0.3 is 9.80 Å². The molecule has 1 aliphatic heterocycles. The van der Waals surface area contributed by atoms with Gasteiger partial charge in [-0.25, -0.2) is 14.2 Å². The number of nitrogens with one attached hydrogen (secondary N) is 1. The molecule has 0 radical (unpaired) electrons. The van der Waals surface area contributed by atoms with E-state index in [-0.39, 0.29) is 17.8 Å². The quantitative estimate of drug-likeness (QED) is 0.837. The number of quaternary nitrogens is 1. The largest absolute Gasteiger partial charge is 0.337 e. The minimum absolute atomic E-state index is 0.00345. The van der Waals surface area contributed by atoms with Gasteiger partial charge in [0, 0.05) is 32.2 Å². The Morgan fingerprint density at radius 1 is 1.15 bits per heavy atom. The predicted molar refractivity (Wildman–Crippen MR) is 104 cm³/mol. The summed E-state index contributed by atoms with van der Waals surface area (Å²) in [6.07, 6.45) is 0. The molecule has 142 valence electrons. The fraction of sp³-hybridized carbons (Fsp3) is 0.579. The summed E-state index contributed by atoms with van der Waals surface area (Å²) >= 11 is 0. The molecule has 2 heterocycles. The summed E-state index contributed by atoms with van der Waals surface area (Å²) < 4.78 is 3.97. The van der Waals surface area contributed by atoms with Crippen LogP contribution in [-0.2, 0) is 0 Å². The molecular weight excluding hydrogens is 330 g/mol. The Labute approximate surface area is 154 Å². The third-order valence-corrected chi connectivity index (χ3v) is 5.25. The van der Waals surface area contributed by atoms with Crippen molar-refractivity contribution >= 4 is 17.1 Å². The molecule has 1 aromatic heterocycles. The zero-order chi connectivity index (χ0) is 18.9. The van der Waals surface area contributed by atoms with E-state index in [9.17, 15) is 9.59 Å². The van der Waals surface area contributed by atoms with E-state index in [2.05, 4.69) is 24.3 Å². The molecule has 1 aliphatic rings. The van der Waals surface area contributed by atoms with Gasteiger partial charge in [-0.3, -0.25) is 9.47 Å². The smallest absolute Gasteiger partial charge is 0.336 e. The zero-order valence-electron chi connectivity index (χ0n) is 16.2. The fourth-order valence-corrected chi connectivity index (χ4v) is 3.54. The first-order valence-electron chi connectivity index (χ1n) is 9.35. The molecule has 0 spiro atoms. The summed E-state index contributed by atoms with van der Waals surface area (Å²) in [5.41, 5.74) is 1.16. The lowest BCUT2D eigenvalue weighted by Crippen LogP contribution is -2.55. The number of carbonyl (C=O) groups is 1. The number of benzene rings is 1. The van der Waals surface area contributed by atoms with Crippen LogP contribution in [0.4, 0.5) is 4.79 Å². The summed E-state index contributed by atoms with van der Waals surface area (Å²) in [6, 6.07) is 7.09. The van der Waals surface area contributed by atoms with Gasteiger partial charge in [0.25, 0.3) is 0 Å². The van der Waals surface area contributed by atoms with Gasteiger partial charge in [-0.2, -0.15) is 0 Å². The summed E-state index contributed by atoms with van der Waals surface area (Å²) in [7, 11) is 4.49. The highest BCUT2D eigenvalue weighted by atomic mass is 16.2. The number of amides is 1. The van der Waals surface area contributed by atoms with E-state index < -0.39 is 0 Å². The zero-order valence-corrected chi connectivity index (χ0v) is 16.2. The van der Waals surface area contributed by atoms with Crippen molar-refractivity contribution in [1.82, 2.24) is 19.4 Å². The van der Waals surface area contributed by atoms with Crippen LogP contribution in [0.25, 0.3) is 11.0 Å². The SMILES string of the molecule is CC(C)n1c(=O)n(C(=O)NCCN2CC[N+](C)(C)CC2)c2ccccc21. The number of hydrogen-bond donors (Lipinski definition) is 1. The van der Waals surface area contributed by atoms with Crippen LogP contribution in [0.1, 0.15) is 19.9 Å². The second-order valence-electron chi connectivity index (χ2n) is 8.03. The number of rotatable bonds is 4. The van der Waals surface area contributed by atoms with E-state index in [4.69, 9.17) is 0 Å². The van der Waals surface area contributed by atoms with Crippen LogP contribution in [0.3, 0.4) is 0 Å². The van der Waals surface area contributed by atoms with Crippen molar-refractivity contribution in [2.45, 2.75) is 19.9 Å². The first-order valence-corrected chi connectivity index (χ1v) is 9.35. The summed E-state index contributed by atoms with van der Waals surface area (Å²) in [6.45, 7) is 9.57. The van der Waals surface area contributed by atoms with Gasteiger partial charge in [0.15, 0.2) is 0 Å². The molecule has 1 aromatic carbocycles. The highest BCUT2D eigenvalue weighted by Crippen LogP contribution is 2.16. The molecule has 2 aromatic rings. The maximum absolute atomic E-state index is 12.8. The lowest BCUT2D eigenvalue weighted by molar-refractivity contribution is -0.894. The van der Waals surface area contributed by atoms with Crippen molar-refractivity contribution in [3.05, 3.63) is 34.7 Å².